The van der Waals surface area contributed by atoms with Gasteiger partial charge in [-0.1, -0.05) is 25.9 Å². The molecule has 0 saturated carbocycles. The lowest BCUT2D eigenvalue weighted by Crippen LogP contribution is -2.43. The summed E-state index contributed by atoms with van der Waals surface area (Å²) in [6.45, 7) is 7.29. The number of aromatic nitrogens is 3. The second-order valence-corrected chi connectivity index (χ2v) is 7.33. The first-order chi connectivity index (χ1) is 11.9. The molecule has 3 heterocycles. The molecular weight excluding hydrogens is 320 g/mol. The maximum absolute atomic E-state index is 12.4. The standard InChI is InChI=1S/C18H24N4O3/c1-18(2,3)17(23)22-10-7-12(8-11-22)15-20-14(21-25-15)13-6-5-9-19-16(13)24-4/h5-6,9,12H,7-8,10-11H2,1-4H3. The average Bonchev–Trinajstić information content (AvgIpc) is 3.10. The van der Waals surface area contributed by atoms with Crippen LogP contribution in [-0.4, -0.2) is 46.1 Å². The minimum absolute atomic E-state index is 0.174. The lowest BCUT2D eigenvalue weighted by atomic mass is 9.91. The highest BCUT2D eigenvalue weighted by atomic mass is 16.5. The van der Waals surface area contributed by atoms with Gasteiger partial charge < -0.3 is 14.2 Å². The predicted octanol–water partition coefficient (Wildman–Crippen LogP) is 2.89. The number of carbonyl (C=O) groups is 1. The summed E-state index contributed by atoms with van der Waals surface area (Å²) in [5.41, 5.74) is 0.363. The van der Waals surface area contributed by atoms with Crippen molar-refractivity contribution in [3.05, 3.63) is 24.2 Å². The molecule has 2 aromatic rings. The largest absolute Gasteiger partial charge is 0.480 e. The smallest absolute Gasteiger partial charge is 0.230 e. The zero-order valence-electron chi connectivity index (χ0n) is 15.2. The third kappa shape index (κ3) is 3.65. The molecule has 1 aliphatic rings. The molecule has 0 unspecified atom stereocenters. The Morgan fingerprint density at radius 1 is 1.32 bits per heavy atom. The summed E-state index contributed by atoms with van der Waals surface area (Å²) in [5.74, 6) is 1.93. The van der Waals surface area contributed by atoms with Gasteiger partial charge in [0.25, 0.3) is 0 Å². The molecule has 2 aromatic heterocycles. The van der Waals surface area contributed by atoms with Crippen LogP contribution in [0.1, 0.15) is 45.4 Å². The molecule has 1 aliphatic heterocycles. The number of carbonyl (C=O) groups excluding carboxylic acids is 1. The summed E-state index contributed by atoms with van der Waals surface area (Å²) in [5, 5.41) is 4.08. The number of methoxy groups -OCH3 is 1. The van der Waals surface area contributed by atoms with Crippen LogP contribution in [0.3, 0.4) is 0 Å². The Labute approximate surface area is 147 Å². The molecule has 7 heteroatoms. The van der Waals surface area contributed by atoms with Crippen LogP contribution in [0.2, 0.25) is 0 Å². The van der Waals surface area contributed by atoms with Crippen LogP contribution in [0.15, 0.2) is 22.9 Å². The SMILES string of the molecule is COc1ncccc1-c1noc(C2CCN(C(=O)C(C)(C)C)CC2)n1. The van der Waals surface area contributed by atoms with Crippen LogP contribution in [-0.2, 0) is 4.79 Å². The number of hydrogen-bond acceptors (Lipinski definition) is 6. The van der Waals surface area contributed by atoms with E-state index in [2.05, 4.69) is 15.1 Å². The fourth-order valence-corrected chi connectivity index (χ4v) is 3.04. The lowest BCUT2D eigenvalue weighted by Gasteiger charge is -2.34. The zero-order chi connectivity index (χ0) is 18.0. The maximum Gasteiger partial charge on any atom is 0.230 e. The molecule has 1 saturated heterocycles. The molecule has 1 fully saturated rings. The van der Waals surface area contributed by atoms with Gasteiger partial charge in [-0.05, 0) is 25.0 Å². The van der Waals surface area contributed by atoms with E-state index in [9.17, 15) is 4.79 Å². The molecule has 0 spiro atoms. The molecular formula is C18H24N4O3. The van der Waals surface area contributed by atoms with Crippen molar-refractivity contribution in [1.29, 1.82) is 0 Å². The van der Waals surface area contributed by atoms with E-state index in [1.54, 1.807) is 13.3 Å². The Bertz CT molecular complexity index is 743. The van der Waals surface area contributed by atoms with Crippen LogP contribution in [0.25, 0.3) is 11.4 Å². The molecule has 134 valence electrons. The minimum atomic E-state index is -0.346. The fourth-order valence-electron chi connectivity index (χ4n) is 3.04. The van der Waals surface area contributed by atoms with E-state index in [-0.39, 0.29) is 17.2 Å². The van der Waals surface area contributed by atoms with E-state index in [1.165, 1.54) is 0 Å². The Kier molecular flexibility index (Phi) is 4.74. The van der Waals surface area contributed by atoms with Gasteiger partial charge >= 0.3 is 0 Å². The summed E-state index contributed by atoms with van der Waals surface area (Å²) in [6, 6.07) is 3.66. The first-order valence-electron chi connectivity index (χ1n) is 8.52. The van der Waals surface area contributed by atoms with Crippen molar-refractivity contribution in [2.75, 3.05) is 20.2 Å². The van der Waals surface area contributed by atoms with Gasteiger partial charge in [-0.3, -0.25) is 4.79 Å². The maximum atomic E-state index is 12.4. The van der Waals surface area contributed by atoms with Gasteiger partial charge in [0.15, 0.2) is 0 Å². The molecule has 0 atom stereocenters. The fraction of sp³-hybridized carbons (Fsp3) is 0.556. The summed E-state index contributed by atoms with van der Waals surface area (Å²) < 4.78 is 10.7. The van der Waals surface area contributed by atoms with Gasteiger partial charge in [0.2, 0.25) is 23.5 Å². The first-order valence-corrected chi connectivity index (χ1v) is 8.52. The third-order valence-electron chi connectivity index (χ3n) is 4.42. The summed E-state index contributed by atoms with van der Waals surface area (Å²) in [7, 11) is 1.56. The highest BCUT2D eigenvalue weighted by Crippen LogP contribution is 2.31. The number of nitrogens with zero attached hydrogens (tertiary/aromatic N) is 4. The summed E-state index contributed by atoms with van der Waals surface area (Å²) in [6.07, 6.45) is 3.31. The number of hydrogen-bond donors (Lipinski definition) is 0. The lowest BCUT2D eigenvalue weighted by molar-refractivity contribution is -0.140. The normalized spacial score (nSPS) is 16.1. The molecule has 0 aromatic carbocycles. The molecule has 25 heavy (non-hydrogen) atoms. The molecule has 7 nitrogen and oxygen atoms in total. The number of piperidine rings is 1. The number of ether oxygens (including phenoxy) is 1. The van der Waals surface area contributed by atoms with Crippen LogP contribution < -0.4 is 4.74 Å². The van der Waals surface area contributed by atoms with Crippen molar-refractivity contribution < 1.29 is 14.1 Å². The van der Waals surface area contributed by atoms with Crippen molar-refractivity contribution in [3.8, 4) is 17.3 Å². The third-order valence-corrected chi connectivity index (χ3v) is 4.42. The van der Waals surface area contributed by atoms with Gasteiger partial charge in [-0.25, -0.2) is 4.98 Å². The van der Waals surface area contributed by atoms with Gasteiger partial charge in [-0.2, -0.15) is 4.98 Å². The number of amides is 1. The molecule has 3 rings (SSSR count). The summed E-state index contributed by atoms with van der Waals surface area (Å²) in [4.78, 5) is 23.0. The van der Waals surface area contributed by atoms with Crippen molar-refractivity contribution in [1.82, 2.24) is 20.0 Å². The highest BCUT2D eigenvalue weighted by Gasteiger charge is 2.32. The Morgan fingerprint density at radius 2 is 2.04 bits per heavy atom. The average molecular weight is 344 g/mol. The van der Waals surface area contributed by atoms with Crippen molar-refractivity contribution in [2.24, 2.45) is 5.41 Å². The quantitative estimate of drug-likeness (QED) is 0.851. The Morgan fingerprint density at radius 3 is 2.68 bits per heavy atom. The van der Waals surface area contributed by atoms with Gasteiger partial charge in [-0.15, -0.1) is 0 Å². The molecule has 0 N–H and O–H groups in total. The van der Waals surface area contributed by atoms with Crippen LogP contribution >= 0.6 is 0 Å². The Hall–Kier alpha value is -2.44. The monoisotopic (exact) mass is 344 g/mol. The minimum Gasteiger partial charge on any atom is -0.480 e. The number of likely N-dealkylation sites (tertiary alicyclic amines) is 1. The van der Waals surface area contributed by atoms with Gasteiger partial charge in [0.05, 0.1) is 12.7 Å². The predicted molar refractivity (Wildman–Crippen MR) is 92.1 cm³/mol. The molecule has 0 radical (unpaired) electrons. The van der Waals surface area contributed by atoms with E-state index < -0.39 is 0 Å². The van der Waals surface area contributed by atoms with Crippen LogP contribution in [0, 0.1) is 5.41 Å². The second-order valence-electron chi connectivity index (χ2n) is 7.33. The van der Waals surface area contributed by atoms with E-state index in [0.717, 1.165) is 12.8 Å². The highest BCUT2D eigenvalue weighted by molar-refractivity contribution is 5.81. The van der Waals surface area contributed by atoms with Crippen molar-refractivity contribution in [2.45, 2.75) is 39.5 Å². The number of rotatable bonds is 3. The van der Waals surface area contributed by atoms with E-state index >= 15 is 0 Å². The van der Waals surface area contributed by atoms with Crippen LogP contribution in [0.5, 0.6) is 5.88 Å². The Balaban J connectivity index is 1.69. The van der Waals surface area contributed by atoms with E-state index in [4.69, 9.17) is 9.26 Å². The summed E-state index contributed by atoms with van der Waals surface area (Å²) >= 11 is 0. The van der Waals surface area contributed by atoms with Gasteiger partial charge in [0.1, 0.15) is 0 Å². The topological polar surface area (TPSA) is 81.4 Å². The first kappa shape index (κ1) is 17.4. The van der Waals surface area contributed by atoms with E-state index in [0.29, 0.717) is 36.2 Å². The van der Waals surface area contributed by atoms with Crippen molar-refractivity contribution >= 4 is 5.91 Å². The zero-order valence-corrected chi connectivity index (χ0v) is 15.2. The molecule has 0 bridgehead atoms. The molecule has 0 aliphatic carbocycles. The van der Waals surface area contributed by atoms with Crippen LogP contribution in [0.4, 0.5) is 0 Å². The van der Waals surface area contributed by atoms with E-state index in [1.807, 2.05) is 37.8 Å². The van der Waals surface area contributed by atoms with Gasteiger partial charge in [0, 0.05) is 30.6 Å². The number of pyridine rings is 1. The second kappa shape index (κ2) is 6.82. The van der Waals surface area contributed by atoms with Crippen molar-refractivity contribution in [3.63, 3.8) is 0 Å². The molecule has 1 amide bonds.